The molecule has 6 nitrogen and oxygen atoms in total. The second kappa shape index (κ2) is 8.99. The van der Waals surface area contributed by atoms with Crippen LogP contribution in [0.2, 0.25) is 0 Å². The van der Waals surface area contributed by atoms with Gasteiger partial charge in [-0.25, -0.2) is 0 Å². The molecule has 2 N–H and O–H groups in total. The average molecular weight is 429 g/mol. The Morgan fingerprint density at radius 1 is 1.23 bits per heavy atom. The third-order valence-corrected chi connectivity index (χ3v) is 7.11. The smallest absolute Gasteiger partial charge is 0.255 e. The summed E-state index contributed by atoms with van der Waals surface area (Å²) < 4.78 is 6.28. The number of anilines is 1. The Bertz CT molecular complexity index is 806. The van der Waals surface area contributed by atoms with Crippen LogP contribution in [0.5, 0.6) is 5.75 Å². The molecule has 0 aliphatic carbocycles. The Balaban J connectivity index is 1.41. The maximum absolute atomic E-state index is 13.3. The van der Waals surface area contributed by atoms with Gasteiger partial charge in [0.15, 0.2) is 0 Å². The van der Waals surface area contributed by atoms with Crippen LogP contribution in [0.3, 0.4) is 0 Å². The van der Waals surface area contributed by atoms with Crippen LogP contribution in [0, 0.1) is 12.8 Å². The molecule has 172 valence electrons. The second-order valence-electron chi connectivity index (χ2n) is 10.6. The first-order chi connectivity index (χ1) is 14.7. The lowest BCUT2D eigenvalue weighted by Gasteiger charge is -2.35. The first-order valence-corrected chi connectivity index (χ1v) is 12.0. The Morgan fingerprint density at radius 3 is 2.55 bits per heavy atom. The summed E-state index contributed by atoms with van der Waals surface area (Å²) in [5.41, 5.74) is 3.89. The minimum Gasteiger partial charge on any atom is -0.486 e. The molecule has 0 spiro atoms. The number of nitrogens with zero attached hydrogens (tertiary/aromatic N) is 2. The van der Waals surface area contributed by atoms with Gasteiger partial charge in [0.2, 0.25) is 0 Å². The fourth-order valence-electron chi connectivity index (χ4n) is 5.62. The SMILES string of the molecule is Cc1cc(C(=O)NC2CCN(CC3CCNCC3)CC2)c2c(c1N(C)C)CC(C)(C)O2. The molecule has 0 aromatic heterocycles. The second-order valence-corrected chi connectivity index (χ2v) is 10.6. The molecule has 3 aliphatic heterocycles. The van der Waals surface area contributed by atoms with Crippen molar-refractivity contribution in [2.75, 3.05) is 51.7 Å². The molecule has 0 atom stereocenters. The molecule has 0 bridgehead atoms. The van der Waals surface area contributed by atoms with Gasteiger partial charge in [0, 0.05) is 57.4 Å². The zero-order valence-corrected chi connectivity index (χ0v) is 20.0. The summed E-state index contributed by atoms with van der Waals surface area (Å²) in [6.07, 6.45) is 5.47. The predicted octanol–water partition coefficient (Wildman–Crippen LogP) is 2.97. The summed E-state index contributed by atoms with van der Waals surface area (Å²) in [4.78, 5) is 18.0. The quantitative estimate of drug-likeness (QED) is 0.755. The van der Waals surface area contributed by atoms with E-state index < -0.39 is 0 Å². The van der Waals surface area contributed by atoms with E-state index in [9.17, 15) is 4.79 Å². The number of piperidine rings is 2. The van der Waals surface area contributed by atoms with Crippen LogP contribution >= 0.6 is 0 Å². The van der Waals surface area contributed by atoms with Crippen LogP contribution in [0.4, 0.5) is 5.69 Å². The summed E-state index contributed by atoms with van der Waals surface area (Å²) in [7, 11) is 4.12. The summed E-state index contributed by atoms with van der Waals surface area (Å²) in [6, 6.07) is 2.26. The largest absolute Gasteiger partial charge is 0.486 e. The van der Waals surface area contributed by atoms with Gasteiger partial charge in [-0.15, -0.1) is 0 Å². The van der Waals surface area contributed by atoms with E-state index in [-0.39, 0.29) is 17.6 Å². The molecule has 3 aliphatic rings. The molecule has 0 unspecified atom stereocenters. The molecule has 2 fully saturated rings. The number of ether oxygens (including phenoxy) is 1. The number of carbonyl (C=O) groups excluding carboxylic acids is 1. The van der Waals surface area contributed by atoms with Gasteiger partial charge < -0.3 is 25.2 Å². The maximum atomic E-state index is 13.3. The van der Waals surface area contributed by atoms with Gasteiger partial charge in [0.1, 0.15) is 11.4 Å². The molecule has 1 amide bonds. The van der Waals surface area contributed by atoms with Crippen molar-refractivity contribution in [3.63, 3.8) is 0 Å². The van der Waals surface area contributed by atoms with Gasteiger partial charge in [-0.1, -0.05) is 0 Å². The van der Waals surface area contributed by atoms with Crippen LogP contribution < -0.4 is 20.3 Å². The Morgan fingerprint density at radius 2 is 1.90 bits per heavy atom. The fraction of sp³-hybridized carbons (Fsp3) is 0.720. The maximum Gasteiger partial charge on any atom is 0.255 e. The number of benzene rings is 1. The van der Waals surface area contributed by atoms with Crippen molar-refractivity contribution in [2.24, 2.45) is 5.92 Å². The number of aryl methyl sites for hydroxylation is 1. The summed E-state index contributed by atoms with van der Waals surface area (Å²) in [5.74, 6) is 1.62. The van der Waals surface area contributed by atoms with Crippen LogP contribution in [0.25, 0.3) is 0 Å². The molecule has 31 heavy (non-hydrogen) atoms. The summed E-state index contributed by atoms with van der Waals surface area (Å²) in [6.45, 7) is 12.0. The van der Waals surface area contributed by atoms with Crippen LogP contribution in [0.15, 0.2) is 6.07 Å². The topological polar surface area (TPSA) is 56.8 Å². The zero-order chi connectivity index (χ0) is 22.2. The molecular weight excluding hydrogens is 388 g/mol. The van der Waals surface area contributed by atoms with E-state index in [1.807, 2.05) is 6.07 Å². The van der Waals surface area contributed by atoms with Gasteiger partial charge in [0.05, 0.1) is 5.56 Å². The van der Waals surface area contributed by atoms with Gasteiger partial charge in [-0.3, -0.25) is 4.79 Å². The highest BCUT2D eigenvalue weighted by Crippen LogP contribution is 2.44. The van der Waals surface area contributed by atoms with Crippen molar-refractivity contribution in [1.29, 1.82) is 0 Å². The Labute approximate surface area is 187 Å². The van der Waals surface area contributed by atoms with E-state index in [0.29, 0.717) is 5.56 Å². The van der Waals surface area contributed by atoms with Crippen molar-refractivity contribution in [2.45, 2.75) is 64.5 Å². The number of amides is 1. The summed E-state index contributed by atoms with van der Waals surface area (Å²) >= 11 is 0. The van der Waals surface area contributed by atoms with Gasteiger partial charge in [0.25, 0.3) is 5.91 Å². The lowest BCUT2D eigenvalue weighted by atomic mass is 9.94. The number of fused-ring (bicyclic) bond motifs is 1. The van der Waals surface area contributed by atoms with Crippen molar-refractivity contribution < 1.29 is 9.53 Å². The van der Waals surface area contributed by atoms with E-state index in [2.05, 4.69) is 55.3 Å². The molecule has 4 rings (SSSR count). The van der Waals surface area contributed by atoms with Crippen molar-refractivity contribution in [3.8, 4) is 5.75 Å². The van der Waals surface area contributed by atoms with Crippen molar-refractivity contribution >= 4 is 11.6 Å². The Hall–Kier alpha value is -1.79. The average Bonchev–Trinajstić information content (AvgIpc) is 3.03. The number of rotatable bonds is 5. The number of hydrogen-bond donors (Lipinski definition) is 2. The molecule has 2 saturated heterocycles. The highest BCUT2D eigenvalue weighted by molar-refractivity contribution is 5.99. The number of hydrogen-bond acceptors (Lipinski definition) is 5. The number of likely N-dealkylation sites (tertiary alicyclic amines) is 1. The predicted molar refractivity (Wildman–Crippen MR) is 126 cm³/mol. The zero-order valence-electron chi connectivity index (χ0n) is 20.0. The third-order valence-electron chi connectivity index (χ3n) is 7.11. The highest BCUT2D eigenvalue weighted by atomic mass is 16.5. The third kappa shape index (κ3) is 5.01. The lowest BCUT2D eigenvalue weighted by molar-refractivity contribution is 0.0889. The standard InChI is InChI=1S/C25H40N4O2/c1-17-14-20(23-21(22(17)28(4)5)15-25(2,3)31-23)24(30)27-19-8-12-29(13-9-19)16-18-6-10-26-11-7-18/h14,18-19,26H,6-13,15-16H2,1-5H3,(H,27,30). The van der Waals surface area contributed by atoms with Gasteiger partial charge in [-0.2, -0.15) is 0 Å². The van der Waals surface area contributed by atoms with E-state index in [1.54, 1.807) is 0 Å². The van der Waals surface area contributed by atoms with Gasteiger partial charge in [-0.05, 0) is 77.1 Å². The fourth-order valence-corrected chi connectivity index (χ4v) is 5.62. The van der Waals surface area contributed by atoms with E-state index in [4.69, 9.17) is 4.74 Å². The van der Waals surface area contributed by atoms with Crippen molar-refractivity contribution in [1.82, 2.24) is 15.5 Å². The van der Waals surface area contributed by atoms with E-state index in [1.165, 1.54) is 25.1 Å². The number of nitrogens with one attached hydrogen (secondary N) is 2. The molecular formula is C25H40N4O2. The number of carbonyl (C=O) groups is 1. The molecule has 3 heterocycles. The van der Waals surface area contributed by atoms with E-state index >= 15 is 0 Å². The van der Waals surface area contributed by atoms with Crippen molar-refractivity contribution in [3.05, 3.63) is 22.8 Å². The highest BCUT2D eigenvalue weighted by Gasteiger charge is 2.37. The molecule has 0 radical (unpaired) electrons. The van der Waals surface area contributed by atoms with Crippen LogP contribution in [-0.2, 0) is 6.42 Å². The first-order valence-electron chi connectivity index (χ1n) is 12.0. The minimum atomic E-state index is -0.282. The monoisotopic (exact) mass is 428 g/mol. The molecule has 6 heteroatoms. The van der Waals surface area contributed by atoms with E-state index in [0.717, 1.165) is 68.2 Å². The first kappa shape index (κ1) is 22.4. The minimum absolute atomic E-state index is 0.0131. The molecule has 0 saturated carbocycles. The normalized spacial score (nSPS) is 22.1. The summed E-state index contributed by atoms with van der Waals surface area (Å²) in [5, 5.41) is 6.78. The van der Waals surface area contributed by atoms with Crippen LogP contribution in [0.1, 0.15) is 61.0 Å². The lowest BCUT2D eigenvalue weighted by Crippen LogP contribution is -2.46. The van der Waals surface area contributed by atoms with Gasteiger partial charge >= 0.3 is 0 Å². The van der Waals surface area contributed by atoms with Crippen LogP contribution in [-0.4, -0.2) is 69.3 Å². The Kier molecular flexibility index (Phi) is 6.50. The molecule has 1 aromatic carbocycles. The molecule has 1 aromatic rings.